The molecule has 1 aliphatic rings. The molecule has 0 heterocycles. The largest absolute Gasteiger partial charge is 0.378 e. The van der Waals surface area contributed by atoms with E-state index < -0.39 is 0 Å². The Bertz CT molecular complexity index is 433. The summed E-state index contributed by atoms with van der Waals surface area (Å²) >= 11 is 3.53. The molecule has 0 bridgehead atoms. The van der Waals surface area contributed by atoms with Gasteiger partial charge in [0.1, 0.15) is 0 Å². The predicted octanol–water partition coefficient (Wildman–Crippen LogP) is 4.30. The molecule has 1 aromatic carbocycles. The van der Waals surface area contributed by atoms with Crippen molar-refractivity contribution in [3.8, 4) is 0 Å². The van der Waals surface area contributed by atoms with Gasteiger partial charge in [-0.05, 0) is 38.0 Å². The lowest BCUT2D eigenvalue weighted by Crippen LogP contribution is -2.61. The molecule has 0 aliphatic heterocycles. The van der Waals surface area contributed by atoms with Gasteiger partial charge in [0, 0.05) is 28.6 Å². The fourth-order valence-corrected chi connectivity index (χ4v) is 3.24. The predicted molar refractivity (Wildman–Crippen MR) is 83.3 cm³/mol. The second-order valence-corrected chi connectivity index (χ2v) is 6.91. The molecule has 1 aliphatic carbocycles. The monoisotopic (exact) mass is 325 g/mol. The van der Waals surface area contributed by atoms with Crippen LogP contribution in [0.1, 0.15) is 45.7 Å². The average molecular weight is 326 g/mol. The first-order chi connectivity index (χ1) is 8.95. The molecule has 1 fully saturated rings. The number of hydrogen-bond acceptors (Lipinski definition) is 2. The van der Waals surface area contributed by atoms with E-state index in [9.17, 15) is 0 Å². The van der Waals surface area contributed by atoms with Gasteiger partial charge in [0.05, 0.1) is 6.10 Å². The van der Waals surface area contributed by atoms with Crippen LogP contribution < -0.4 is 5.32 Å². The van der Waals surface area contributed by atoms with E-state index in [4.69, 9.17) is 4.74 Å². The molecule has 3 unspecified atom stereocenters. The Morgan fingerprint density at radius 2 is 2.21 bits per heavy atom. The first kappa shape index (κ1) is 15.0. The second-order valence-electron chi connectivity index (χ2n) is 6.00. The van der Waals surface area contributed by atoms with E-state index in [0.717, 1.165) is 17.5 Å². The Labute approximate surface area is 125 Å². The van der Waals surface area contributed by atoms with Crippen molar-refractivity contribution in [2.45, 2.75) is 52.3 Å². The summed E-state index contributed by atoms with van der Waals surface area (Å²) in [4.78, 5) is 0. The zero-order valence-electron chi connectivity index (χ0n) is 12.2. The Morgan fingerprint density at radius 1 is 1.47 bits per heavy atom. The van der Waals surface area contributed by atoms with E-state index in [0.29, 0.717) is 18.2 Å². The number of nitrogens with one attached hydrogen (secondary N) is 1. The molecular formula is C16H24BrNO. The number of halogens is 1. The maximum absolute atomic E-state index is 5.78. The SMILES string of the molecule is CCOC1CC(NC(C)c2cccc(Br)c2)C1(C)C. The van der Waals surface area contributed by atoms with Crippen LogP contribution in [0, 0.1) is 5.41 Å². The molecule has 0 saturated heterocycles. The number of hydrogen-bond donors (Lipinski definition) is 1. The lowest BCUT2D eigenvalue weighted by atomic mass is 9.64. The van der Waals surface area contributed by atoms with Crippen molar-refractivity contribution in [2.24, 2.45) is 5.41 Å². The number of benzene rings is 1. The van der Waals surface area contributed by atoms with E-state index in [-0.39, 0.29) is 5.41 Å². The van der Waals surface area contributed by atoms with Gasteiger partial charge >= 0.3 is 0 Å². The van der Waals surface area contributed by atoms with E-state index in [1.54, 1.807) is 0 Å². The van der Waals surface area contributed by atoms with Gasteiger partial charge in [-0.1, -0.05) is 41.9 Å². The summed E-state index contributed by atoms with van der Waals surface area (Å²) in [6.07, 6.45) is 1.50. The highest BCUT2D eigenvalue weighted by atomic mass is 79.9. The van der Waals surface area contributed by atoms with Gasteiger partial charge < -0.3 is 10.1 Å². The van der Waals surface area contributed by atoms with Crippen LogP contribution in [0.3, 0.4) is 0 Å². The molecule has 2 rings (SSSR count). The lowest BCUT2D eigenvalue weighted by Gasteiger charge is -2.52. The minimum Gasteiger partial charge on any atom is -0.378 e. The van der Waals surface area contributed by atoms with Crippen LogP contribution in [0.25, 0.3) is 0 Å². The summed E-state index contributed by atoms with van der Waals surface area (Å²) in [6.45, 7) is 9.69. The third kappa shape index (κ3) is 3.21. The molecule has 106 valence electrons. The summed E-state index contributed by atoms with van der Waals surface area (Å²) in [5.74, 6) is 0. The van der Waals surface area contributed by atoms with Crippen molar-refractivity contribution in [3.63, 3.8) is 0 Å². The molecular weight excluding hydrogens is 302 g/mol. The van der Waals surface area contributed by atoms with E-state index in [1.165, 1.54) is 5.56 Å². The fraction of sp³-hybridized carbons (Fsp3) is 0.625. The quantitative estimate of drug-likeness (QED) is 0.871. The molecule has 19 heavy (non-hydrogen) atoms. The third-order valence-electron chi connectivity index (χ3n) is 4.35. The van der Waals surface area contributed by atoms with Crippen LogP contribution in [0.2, 0.25) is 0 Å². The topological polar surface area (TPSA) is 21.3 Å². The van der Waals surface area contributed by atoms with Crippen LogP contribution in [0.5, 0.6) is 0 Å². The van der Waals surface area contributed by atoms with Gasteiger partial charge in [-0.15, -0.1) is 0 Å². The summed E-state index contributed by atoms with van der Waals surface area (Å²) in [5, 5.41) is 3.74. The Hall–Kier alpha value is -0.380. The van der Waals surface area contributed by atoms with Crippen molar-refractivity contribution in [3.05, 3.63) is 34.3 Å². The first-order valence-electron chi connectivity index (χ1n) is 7.08. The number of ether oxygens (including phenoxy) is 1. The summed E-state index contributed by atoms with van der Waals surface area (Å²) < 4.78 is 6.92. The highest BCUT2D eigenvalue weighted by molar-refractivity contribution is 9.10. The molecule has 1 aromatic rings. The van der Waals surface area contributed by atoms with Crippen LogP contribution >= 0.6 is 15.9 Å². The molecule has 3 heteroatoms. The normalized spacial score (nSPS) is 26.8. The van der Waals surface area contributed by atoms with Crippen molar-refractivity contribution in [2.75, 3.05) is 6.61 Å². The summed E-state index contributed by atoms with van der Waals surface area (Å²) in [7, 11) is 0. The molecule has 0 spiro atoms. The first-order valence-corrected chi connectivity index (χ1v) is 7.87. The molecule has 2 nitrogen and oxygen atoms in total. The fourth-order valence-electron chi connectivity index (χ4n) is 2.83. The minimum absolute atomic E-state index is 0.219. The maximum Gasteiger partial charge on any atom is 0.0655 e. The minimum atomic E-state index is 0.219. The van der Waals surface area contributed by atoms with Crippen molar-refractivity contribution < 1.29 is 4.74 Å². The smallest absolute Gasteiger partial charge is 0.0655 e. The second kappa shape index (κ2) is 5.94. The Kier molecular flexibility index (Phi) is 4.70. The van der Waals surface area contributed by atoms with Crippen LogP contribution in [0.15, 0.2) is 28.7 Å². The zero-order chi connectivity index (χ0) is 14.0. The highest BCUT2D eigenvalue weighted by Crippen LogP contribution is 2.43. The van der Waals surface area contributed by atoms with Crippen molar-refractivity contribution in [1.29, 1.82) is 0 Å². The van der Waals surface area contributed by atoms with Gasteiger partial charge in [0.25, 0.3) is 0 Å². The zero-order valence-corrected chi connectivity index (χ0v) is 13.8. The Balaban J connectivity index is 1.96. The van der Waals surface area contributed by atoms with Crippen LogP contribution in [-0.2, 0) is 4.74 Å². The lowest BCUT2D eigenvalue weighted by molar-refractivity contribution is -0.116. The van der Waals surface area contributed by atoms with Crippen molar-refractivity contribution in [1.82, 2.24) is 5.32 Å². The molecule has 1 N–H and O–H groups in total. The Morgan fingerprint density at radius 3 is 2.79 bits per heavy atom. The van der Waals surface area contributed by atoms with Gasteiger partial charge in [-0.3, -0.25) is 0 Å². The summed E-state index contributed by atoms with van der Waals surface area (Å²) in [6, 6.07) is 9.40. The van der Waals surface area contributed by atoms with Gasteiger partial charge in [0.15, 0.2) is 0 Å². The van der Waals surface area contributed by atoms with Crippen molar-refractivity contribution >= 4 is 15.9 Å². The third-order valence-corrected chi connectivity index (χ3v) is 4.84. The molecule has 0 radical (unpaired) electrons. The van der Waals surface area contributed by atoms with E-state index in [1.807, 2.05) is 0 Å². The highest BCUT2D eigenvalue weighted by Gasteiger charge is 2.49. The van der Waals surface area contributed by atoms with Gasteiger partial charge in [-0.2, -0.15) is 0 Å². The molecule has 0 amide bonds. The average Bonchev–Trinajstić information content (AvgIpc) is 2.37. The standard InChI is InChI=1S/C16H24BrNO/c1-5-19-15-10-14(16(15,3)4)18-11(2)12-7-6-8-13(17)9-12/h6-9,11,14-15,18H,5,10H2,1-4H3. The van der Waals surface area contributed by atoms with E-state index >= 15 is 0 Å². The van der Waals surface area contributed by atoms with E-state index in [2.05, 4.69) is 73.2 Å². The molecule has 3 atom stereocenters. The van der Waals surface area contributed by atoms with Crippen LogP contribution in [0.4, 0.5) is 0 Å². The molecule has 1 saturated carbocycles. The van der Waals surface area contributed by atoms with Gasteiger partial charge in [-0.25, -0.2) is 0 Å². The summed E-state index contributed by atoms with van der Waals surface area (Å²) in [5.41, 5.74) is 1.54. The van der Waals surface area contributed by atoms with Crippen LogP contribution in [-0.4, -0.2) is 18.8 Å². The number of rotatable bonds is 5. The molecule has 0 aromatic heterocycles. The van der Waals surface area contributed by atoms with Gasteiger partial charge in [0.2, 0.25) is 0 Å². The maximum atomic E-state index is 5.78.